The van der Waals surface area contributed by atoms with Crippen LogP contribution in [-0.4, -0.2) is 35.5 Å². The van der Waals surface area contributed by atoms with Crippen LogP contribution in [0.1, 0.15) is 72.4 Å². The molecule has 34 heavy (non-hydrogen) atoms. The maximum atomic E-state index is 12.9. The summed E-state index contributed by atoms with van der Waals surface area (Å²) < 4.78 is 5.89. The summed E-state index contributed by atoms with van der Waals surface area (Å²) >= 11 is 0. The number of piperidine rings is 1. The van der Waals surface area contributed by atoms with Gasteiger partial charge in [0.15, 0.2) is 5.76 Å². The zero-order chi connectivity index (χ0) is 23.2. The van der Waals surface area contributed by atoms with Crippen molar-refractivity contribution in [2.24, 2.45) is 0 Å². The number of amides is 1. The smallest absolute Gasteiger partial charge is 0.287 e. The van der Waals surface area contributed by atoms with Crippen LogP contribution >= 0.6 is 0 Å². The van der Waals surface area contributed by atoms with Crippen molar-refractivity contribution in [3.05, 3.63) is 95.4 Å². The van der Waals surface area contributed by atoms with E-state index in [0.29, 0.717) is 12.2 Å². The second-order valence-electron chi connectivity index (χ2n) is 10.1. The third-order valence-corrected chi connectivity index (χ3v) is 7.76. The van der Waals surface area contributed by atoms with Crippen molar-refractivity contribution >= 4 is 5.91 Å². The third kappa shape index (κ3) is 5.44. The molecule has 0 atom stereocenters. The van der Waals surface area contributed by atoms with Gasteiger partial charge in [-0.05, 0) is 81.3 Å². The largest absolute Gasteiger partial charge is 0.456 e. The van der Waals surface area contributed by atoms with Crippen LogP contribution in [0.25, 0.3) is 0 Å². The molecule has 4 heteroatoms. The summed E-state index contributed by atoms with van der Waals surface area (Å²) in [6.07, 6.45) is 10.1. The van der Waals surface area contributed by atoms with Gasteiger partial charge in [-0.15, -0.1) is 0 Å². The molecule has 3 aromatic rings. The number of likely N-dealkylation sites (tertiary alicyclic amines) is 1. The fourth-order valence-corrected chi connectivity index (χ4v) is 5.90. The highest BCUT2D eigenvalue weighted by atomic mass is 16.3. The third-order valence-electron chi connectivity index (χ3n) is 7.76. The maximum absolute atomic E-state index is 12.9. The number of hydrogen-bond donors (Lipinski definition) is 1. The molecule has 4 nitrogen and oxygen atoms in total. The van der Waals surface area contributed by atoms with Gasteiger partial charge in [-0.3, -0.25) is 9.69 Å². The van der Waals surface area contributed by atoms with E-state index in [-0.39, 0.29) is 17.5 Å². The average Bonchev–Trinajstić information content (AvgIpc) is 3.36. The standard InChI is InChI=1S/C30H36N2O2/c33-29(28-15-14-27(34-28)22-24-10-4-1-5-11-24)31-26-16-18-30(19-17-26,32-20-8-3-9-21-32)23-25-12-6-2-7-13-25/h1-2,4-7,10-15,26H,3,8-9,16-23H2,(H,31,33). The lowest BCUT2D eigenvalue weighted by atomic mass is 9.73. The molecule has 1 aliphatic carbocycles. The topological polar surface area (TPSA) is 45.5 Å². The Morgan fingerprint density at radius 1 is 0.853 bits per heavy atom. The second kappa shape index (κ2) is 10.6. The monoisotopic (exact) mass is 456 g/mol. The summed E-state index contributed by atoms with van der Waals surface area (Å²) in [5.41, 5.74) is 2.83. The maximum Gasteiger partial charge on any atom is 0.287 e. The molecule has 2 heterocycles. The molecule has 1 amide bonds. The number of rotatable bonds is 7. The fourth-order valence-electron chi connectivity index (χ4n) is 5.90. The van der Waals surface area contributed by atoms with Crippen molar-refractivity contribution in [2.45, 2.75) is 69.4 Å². The van der Waals surface area contributed by atoms with Crippen LogP contribution in [0.5, 0.6) is 0 Å². The van der Waals surface area contributed by atoms with Gasteiger partial charge in [0.1, 0.15) is 5.76 Å². The molecule has 0 radical (unpaired) electrons. The molecule has 2 aromatic carbocycles. The molecule has 0 bridgehead atoms. The zero-order valence-corrected chi connectivity index (χ0v) is 20.0. The number of nitrogens with one attached hydrogen (secondary N) is 1. The van der Waals surface area contributed by atoms with Gasteiger partial charge in [0.05, 0.1) is 0 Å². The van der Waals surface area contributed by atoms with Gasteiger partial charge in [-0.2, -0.15) is 0 Å². The highest BCUT2D eigenvalue weighted by Gasteiger charge is 2.41. The van der Waals surface area contributed by atoms with Crippen molar-refractivity contribution in [3.8, 4) is 0 Å². The summed E-state index contributed by atoms with van der Waals surface area (Å²) in [6, 6.07) is 25.1. The minimum absolute atomic E-state index is 0.0853. The van der Waals surface area contributed by atoms with Gasteiger partial charge in [0, 0.05) is 18.0 Å². The predicted molar refractivity (Wildman–Crippen MR) is 136 cm³/mol. The Morgan fingerprint density at radius 2 is 1.50 bits per heavy atom. The van der Waals surface area contributed by atoms with Crippen LogP contribution in [0, 0.1) is 0 Å². The van der Waals surface area contributed by atoms with Crippen LogP contribution in [0.15, 0.2) is 77.2 Å². The van der Waals surface area contributed by atoms with E-state index in [1.807, 2.05) is 30.3 Å². The molecule has 0 spiro atoms. The number of hydrogen-bond acceptors (Lipinski definition) is 3. The molecule has 1 aliphatic heterocycles. The summed E-state index contributed by atoms with van der Waals surface area (Å²) in [6.45, 7) is 2.42. The van der Waals surface area contributed by atoms with Crippen molar-refractivity contribution in [1.29, 1.82) is 0 Å². The van der Waals surface area contributed by atoms with Crippen LogP contribution in [0.4, 0.5) is 0 Å². The molecule has 178 valence electrons. The quantitative estimate of drug-likeness (QED) is 0.473. The Kier molecular flexibility index (Phi) is 7.15. The van der Waals surface area contributed by atoms with Crippen LogP contribution in [0.2, 0.25) is 0 Å². The number of carbonyl (C=O) groups is 1. The van der Waals surface area contributed by atoms with E-state index < -0.39 is 0 Å². The van der Waals surface area contributed by atoms with E-state index in [4.69, 9.17) is 4.42 Å². The highest BCUT2D eigenvalue weighted by Crippen LogP contribution is 2.38. The Hall–Kier alpha value is -2.85. The minimum atomic E-state index is -0.0853. The first kappa shape index (κ1) is 22.9. The summed E-state index contributed by atoms with van der Waals surface area (Å²) in [5, 5.41) is 3.27. The molecule has 2 fully saturated rings. The summed E-state index contributed by atoms with van der Waals surface area (Å²) in [7, 11) is 0. The van der Waals surface area contributed by atoms with E-state index in [1.165, 1.54) is 43.5 Å². The predicted octanol–water partition coefficient (Wildman–Crippen LogP) is 6.01. The Bertz CT molecular complexity index is 1050. The van der Waals surface area contributed by atoms with Crippen LogP contribution in [0.3, 0.4) is 0 Å². The first-order valence-electron chi connectivity index (χ1n) is 12.9. The molecule has 1 saturated heterocycles. The molecule has 1 aromatic heterocycles. The minimum Gasteiger partial charge on any atom is -0.456 e. The van der Waals surface area contributed by atoms with E-state index >= 15 is 0 Å². The van der Waals surface area contributed by atoms with Crippen molar-refractivity contribution in [1.82, 2.24) is 10.2 Å². The van der Waals surface area contributed by atoms with Gasteiger partial charge in [0.25, 0.3) is 5.91 Å². The molecule has 5 rings (SSSR count). The van der Waals surface area contributed by atoms with Gasteiger partial charge in [0.2, 0.25) is 0 Å². The first-order valence-corrected chi connectivity index (χ1v) is 12.9. The van der Waals surface area contributed by atoms with Crippen LogP contribution in [-0.2, 0) is 12.8 Å². The van der Waals surface area contributed by atoms with Crippen molar-refractivity contribution in [3.63, 3.8) is 0 Å². The Morgan fingerprint density at radius 3 is 2.18 bits per heavy atom. The molecular formula is C30H36N2O2. The SMILES string of the molecule is O=C(NC1CCC(Cc2ccccc2)(N2CCCCC2)CC1)c1ccc(Cc2ccccc2)o1. The molecule has 1 N–H and O–H groups in total. The van der Waals surface area contributed by atoms with Gasteiger partial charge in [-0.25, -0.2) is 0 Å². The normalized spacial score (nSPS) is 23.5. The lowest BCUT2D eigenvalue weighted by Gasteiger charge is -2.50. The zero-order valence-electron chi connectivity index (χ0n) is 20.0. The lowest BCUT2D eigenvalue weighted by Crippen LogP contribution is -2.56. The van der Waals surface area contributed by atoms with E-state index in [2.05, 4.69) is 52.7 Å². The van der Waals surface area contributed by atoms with Gasteiger partial charge in [-0.1, -0.05) is 67.1 Å². The van der Waals surface area contributed by atoms with Crippen LogP contribution < -0.4 is 5.32 Å². The number of carbonyl (C=O) groups excluding carboxylic acids is 1. The molecule has 0 unspecified atom stereocenters. The average molecular weight is 457 g/mol. The van der Waals surface area contributed by atoms with E-state index in [0.717, 1.165) is 37.9 Å². The van der Waals surface area contributed by atoms with Crippen molar-refractivity contribution < 1.29 is 9.21 Å². The molecule has 1 saturated carbocycles. The molecule has 2 aliphatic rings. The summed E-state index contributed by atoms with van der Waals surface area (Å²) in [5.74, 6) is 1.16. The first-order chi connectivity index (χ1) is 16.7. The van der Waals surface area contributed by atoms with Gasteiger partial charge >= 0.3 is 0 Å². The number of nitrogens with zero attached hydrogens (tertiary/aromatic N) is 1. The van der Waals surface area contributed by atoms with Crippen molar-refractivity contribution in [2.75, 3.05) is 13.1 Å². The van der Waals surface area contributed by atoms with E-state index in [1.54, 1.807) is 0 Å². The fraction of sp³-hybridized carbons (Fsp3) is 0.433. The summed E-state index contributed by atoms with van der Waals surface area (Å²) in [4.78, 5) is 15.7. The Balaban J connectivity index is 1.20. The second-order valence-corrected chi connectivity index (χ2v) is 10.1. The highest BCUT2D eigenvalue weighted by molar-refractivity contribution is 5.91. The van der Waals surface area contributed by atoms with E-state index in [9.17, 15) is 4.79 Å². The molecular weight excluding hydrogens is 420 g/mol. The Labute approximate surface area is 203 Å². The van der Waals surface area contributed by atoms with Gasteiger partial charge < -0.3 is 9.73 Å². The number of furan rings is 1. The number of benzene rings is 2. The lowest BCUT2D eigenvalue weighted by molar-refractivity contribution is 0.0258.